The lowest BCUT2D eigenvalue weighted by Gasteiger charge is -2.16. The summed E-state index contributed by atoms with van der Waals surface area (Å²) in [6.07, 6.45) is 2.13. The molecule has 3 N–H and O–H groups in total. The van der Waals surface area contributed by atoms with Crippen molar-refractivity contribution >= 4 is 17.3 Å². The molecule has 1 aliphatic rings. The molecule has 0 atom stereocenters. The Bertz CT molecular complexity index is 528. The Kier molecular flexibility index (Phi) is 4.19. The Balaban J connectivity index is 1.89. The predicted octanol–water partition coefficient (Wildman–Crippen LogP) is 0.887. The summed E-state index contributed by atoms with van der Waals surface area (Å²) in [5.74, 6) is 0.00452. The van der Waals surface area contributed by atoms with Gasteiger partial charge in [0.05, 0.1) is 11.5 Å². The van der Waals surface area contributed by atoms with Crippen molar-refractivity contribution in [2.45, 2.75) is 25.4 Å². The molecule has 0 radical (unpaired) electrons. The van der Waals surface area contributed by atoms with Crippen molar-refractivity contribution < 1.29 is 9.72 Å². The lowest BCUT2D eigenvalue weighted by molar-refractivity contribution is -0.383. The third-order valence-corrected chi connectivity index (χ3v) is 3.10. The average Bonchev–Trinajstić information content (AvgIpc) is 3.11. The highest BCUT2D eigenvalue weighted by atomic mass is 16.6. The van der Waals surface area contributed by atoms with E-state index < -0.39 is 4.92 Å². The fraction of sp³-hybridized carbons (Fsp3) is 0.462. The van der Waals surface area contributed by atoms with Crippen molar-refractivity contribution in [2.24, 2.45) is 0 Å². The summed E-state index contributed by atoms with van der Waals surface area (Å²) in [6, 6.07) is 4.98. The van der Waals surface area contributed by atoms with Gasteiger partial charge in [-0.3, -0.25) is 19.8 Å². The highest BCUT2D eigenvalue weighted by Crippen LogP contribution is 2.22. The van der Waals surface area contributed by atoms with E-state index in [2.05, 4.69) is 5.32 Å². The summed E-state index contributed by atoms with van der Waals surface area (Å²) in [7, 11) is 1.82. The Morgan fingerprint density at radius 2 is 2.25 bits per heavy atom. The monoisotopic (exact) mass is 278 g/mol. The standard InChI is InChI=1S/C13H18N4O3/c1-16(8-13(18)15-10-3-4-10)7-9-2-5-12(17(19)20)11(14)6-9/h2,5-6,10H,3-4,7-8,14H2,1H3,(H,15,18). The Morgan fingerprint density at radius 3 is 2.80 bits per heavy atom. The van der Waals surface area contributed by atoms with E-state index in [0.717, 1.165) is 18.4 Å². The number of likely N-dealkylation sites (N-methyl/N-ethyl adjacent to an activating group) is 1. The molecule has 7 nitrogen and oxygen atoms in total. The van der Waals surface area contributed by atoms with Crippen molar-refractivity contribution in [3.8, 4) is 0 Å². The first-order valence-corrected chi connectivity index (χ1v) is 6.46. The molecule has 1 aromatic carbocycles. The minimum absolute atomic E-state index is 0.00452. The number of nitro groups is 1. The summed E-state index contributed by atoms with van der Waals surface area (Å²) in [6.45, 7) is 0.813. The number of carbonyl (C=O) groups excluding carboxylic acids is 1. The second kappa shape index (κ2) is 5.87. The molecule has 1 amide bonds. The van der Waals surface area contributed by atoms with Gasteiger partial charge in [0.25, 0.3) is 5.69 Å². The number of hydrogen-bond donors (Lipinski definition) is 2. The number of nitrogens with one attached hydrogen (secondary N) is 1. The van der Waals surface area contributed by atoms with Crippen molar-refractivity contribution in [1.82, 2.24) is 10.2 Å². The zero-order valence-corrected chi connectivity index (χ0v) is 11.3. The van der Waals surface area contributed by atoms with Crippen LogP contribution in [0.4, 0.5) is 11.4 Å². The molecular formula is C13H18N4O3. The minimum Gasteiger partial charge on any atom is -0.393 e. The van der Waals surface area contributed by atoms with E-state index in [1.165, 1.54) is 6.07 Å². The number of anilines is 1. The molecule has 0 unspecified atom stereocenters. The van der Waals surface area contributed by atoms with Crippen LogP contribution in [0, 0.1) is 10.1 Å². The normalized spacial score (nSPS) is 14.3. The Labute approximate surface area is 116 Å². The molecule has 0 spiro atoms. The van der Waals surface area contributed by atoms with Gasteiger partial charge in [-0.1, -0.05) is 6.07 Å². The van der Waals surface area contributed by atoms with Gasteiger partial charge in [-0.05, 0) is 31.5 Å². The average molecular weight is 278 g/mol. The Morgan fingerprint density at radius 1 is 1.55 bits per heavy atom. The molecule has 1 aliphatic carbocycles. The van der Waals surface area contributed by atoms with Gasteiger partial charge in [-0.15, -0.1) is 0 Å². The van der Waals surface area contributed by atoms with Crippen LogP contribution in [-0.4, -0.2) is 35.4 Å². The maximum Gasteiger partial charge on any atom is 0.292 e. The molecular weight excluding hydrogens is 260 g/mol. The molecule has 0 aromatic heterocycles. The second-order valence-electron chi connectivity index (χ2n) is 5.16. The van der Waals surface area contributed by atoms with E-state index in [9.17, 15) is 14.9 Å². The summed E-state index contributed by atoms with van der Waals surface area (Å²) in [4.78, 5) is 23.6. The summed E-state index contributed by atoms with van der Waals surface area (Å²) in [5.41, 5.74) is 6.52. The van der Waals surface area contributed by atoms with Crippen LogP contribution in [0.1, 0.15) is 18.4 Å². The first kappa shape index (κ1) is 14.3. The third-order valence-electron chi connectivity index (χ3n) is 3.10. The highest BCUT2D eigenvalue weighted by molar-refractivity contribution is 5.78. The molecule has 2 rings (SSSR count). The maximum absolute atomic E-state index is 11.6. The molecule has 0 saturated heterocycles. The molecule has 108 valence electrons. The maximum atomic E-state index is 11.6. The smallest absolute Gasteiger partial charge is 0.292 e. The van der Waals surface area contributed by atoms with E-state index in [1.807, 2.05) is 11.9 Å². The van der Waals surface area contributed by atoms with Crippen LogP contribution >= 0.6 is 0 Å². The van der Waals surface area contributed by atoms with Gasteiger partial charge in [0.15, 0.2) is 0 Å². The lowest BCUT2D eigenvalue weighted by Crippen LogP contribution is -2.35. The van der Waals surface area contributed by atoms with Gasteiger partial charge < -0.3 is 11.1 Å². The number of nitrogen functional groups attached to an aromatic ring is 1. The van der Waals surface area contributed by atoms with Gasteiger partial charge in [-0.2, -0.15) is 0 Å². The fourth-order valence-electron chi connectivity index (χ4n) is 1.98. The number of nitrogens with zero attached hydrogens (tertiary/aromatic N) is 2. The van der Waals surface area contributed by atoms with Gasteiger partial charge >= 0.3 is 0 Å². The molecule has 0 aliphatic heterocycles. The number of nitro benzene ring substituents is 1. The predicted molar refractivity (Wildman–Crippen MR) is 75.0 cm³/mol. The van der Waals surface area contributed by atoms with Crippen molar-refractivity contribution in [1.29, 1.82) is 0 Å². The van der Waals surface area contributed by atoms with E-state index in [0.29, 0.717) is 19.1 Å². The lowest BCUT2D eigenvalue weighted by atomic mass is 10.1. The van der Waals surface area contributed by atoms with Gasteiger partial charge in [0, 0.05) is 18.7 Å². The van der Waals surface area contributed by atoms with E-state index in [-0.39, 0.29) is 17.3 Å². The number of rotatable bonds is 6. The molecule has 1 saturated carbocycles. The summed E-state index contributed by atoms with van der Waals surface area (Å²) >= 11 is 0. The highest BCUT2D eigenvalue weighted by Gasteiger charge is 2.23. The molecule has 1 aromatic rings. The van der Waals surface area contributed by atoms with Crippen LogP contribution < -0.4 is 11.1 Å². The van der Waals surface area contributed by atoms with Crippen molar-refractivity contribution in [3.63, 3.8) is 0 Å². The number of benzene rings is 1. The number of hydrogen-bond acceptors (Lipinski definition) is 5. The van der Waals surface area contributed by atoms with Crippen molar-refractivity contribution in [3.05, 3.63) is 33.9 Å². The topological polar surface area (TPSA) is 102 Å². The van der Waals surface area contributed by atoms with Crippen LogP contribution in [0.5, 0.6) is 0 Å². The molecule has 7 heteroatoms. The van der Waals surface area contributed by atoms with Crippen LogP contribution in [-0.2, 0) is 11.3 Å². The van der Waals surface area contributed by atoms with Gasteiger partial charge in [0.1, 0.15) is 5.69 Å². The van der Waals surface area contributed by atoms with Crippen molar-refractivity contribution in [2.75, 3.05) is 19.3 Å². The number of amides is 1. The second-order valence-corrected chi connectivity index (χ2v) is 5.16. The van der Waals surface area contributed by atoms with Gasteiger partial charge in [-0.25, -0.2) is 0 Å². The zero-order valence-electron chi connectivity index (χ0n) is 11.3. The number of carbonyl (C=O) groups is 1. The number of nitrogens with two attached hydrogens (primary N) is 1. The molecule has 1 fully saturated rings. The van der Waals surface area contributed by atoms with Crippen LogP contribution in [0.25, 0.3) is 0 Å². The van der Waals surface area contributed by atoms with E-state index in [4.69, 9.17) is 5.73 Å². The Hall–Kier alpha value is -2.15. The third kappa shape index (κ3) is 3.92. The van der Waals surface area contributed by atoms with E-state index in [1.54, 1.807) is 12.1 Å². The first-order valence-electron chi connectivity index (χ1n) is 6.46. The first-order chi connectivity index (χ1) is 9.45. The summed E-state index contributed by atoms with van der Waals surface area (Å²) < 4.78 is 0. The molecule has 0 bridgehead atoms. The van der Waals surface area contributed by atoms with Crippen LogP contribution in [0.3, 0.4) is 0 Å². The fourth-order valence-corrected chi connectivity index (χ4v) is 1.98. The summed E-state index contributed by atoms with van der Waals surface area (Å²) in [5, 5.41) is 13.6. The molecule has 0 heterocycles. The van der Waals surface area contributed by atoms with E-state index >= 15 is 0 Å². The molecule has 20 heavy (non-hydrogen) atoms. The largest absolute Gasteiger partial charge is 0.393 e. The van der Waals surface area contributed by atoms with Gasteiger partial charge in [0.2, 0.25) is 5.91 Å². The van der Waals surface area contributed by atoms with Crippen LogP contribution in [0.15, 0.2) is 18.2 Å². The van der Waals surface area contributed by atoms with Crippen LogP contribution in [0.2, 0.25) is 0 Å². The quantitative estimate of drug-likeness (QED) is 0.457. The zero-order chi connectivity index (χ0) is 14.7. The minimum atomic E-state index is -0.508. The SMILES string of the molecule is CN(CC(=O)NC1CC1)Cc1ccc([N+](=O)[O-])c(N)c1.